The van der Waals surface area contributed by atoms with Crippen molar-refractivity contribution in [1.29, 1.82) is 0 Å². The number of nitrogens with one attached hydrogen (secondary N) is 2. The predicted octanol–water partition coefficient (Wildman–Crippen LogP) is 3.14. The smallest absolute Gasteiger partial charge is 0.257 e. The van der Waals surface area contributed by atoms with Gasteiger partial charge in [0.15, 0.2) is 0 Å². The molecule has 1 aliphatic heterocycles. The van der Waals surface area contributed by atoms with Gasteiger partial charge in [0.1, 0.15) is 6.54 Å². The predicted molar refractivity (Wildman–Crippen MR) is 109 cm³/mol. The number of benzene rings is 2. The maximum atomic E-state index is 12.3. The second-order valence-corrected chi connectivity index (χ2v) is 6.41. The molecule has 4 rings (SSSR count). The van der Waals surface area contributed by atoms with Gasteiger partial charge in [-0.25, -0.2) is 0 Å². The Labute approximate surface area is 162 Å². The SMILES string of the molecule is CN1C(=O)CN(Nc2ccc(NC(=O)c3cccnc3)cc2)c2ccccc21. The van der Waals surface area contributed by atoms with Gasteiger partial charge in [0.25, 0.3) is 5.91 Å². The van der Waals surface area contributed by atoms with Gasteiger partial charge in [-0.05, 0) is 48.5 Å². The monoisotopic (exact) mass is 373 g/mol. The summed E-state index contributed by atoms with van der Waals surface area (Å²) in [6, 6.07) is 18.5. The zero-order valence-electron chi connectivity index (χ0n) is 15.3. The van der Waals surface area contributed by atoms with E-state index in [0.717, 1.165) is 17.1 Å². The van der Waals surface area contributed by atoms with Crippen LogP contribution in [0, 0.1) is 0 Å². The van der Waals surface area contributed by atoms with Crippen LogP contribution in [0.15, 0.2) is 73.1 Å². The summed E-state index contributed by atoms with van der Waals surface area (Å²) in [4.78, 5) is 30.1. The van der Waals surface area contributed by atoms with E-state index in [2.05, 4.69) is 15.7 Å². The molecule has 1 aliphatic rings. The zero-order valence-corrected chi connectivity index (χ0v) is 15.3. The molecule has 0 saturated carbocycles. The molecule has 0 spiro atoms. The van der Waals surface area contributed by atoms with E-state index in [1.54, 1.807) is 42.4 Å². The molecule has 2 heterocycles. The van der Waals surface area contributed by atoms with Gasteiger partial charge in [-0.3, -0.25) is 25.0 Å². The lowest BCUT2D eigenvalue weighted by atomic mass is 10.2. The third-order valence-electron chi connectivity index (χ3n) is 4.53. The first-order valence-corrected chi connectivity index (χ1v) is 8.83. The zero-order chi connectivity index (χ0) is 19.5. The molecule has 0 atom stereocenters. The number of aromatic nitrogens is 1. The number of carbonyl (C=O) groups is 2. The molecule has 0 unspecified atom stereocenters. The molecule has 2 aromatic carbocycles. The van der Waals surface area contributed by atoms with E-state index in [9.17, 15) is 9.59 Å². The summed E-state index contributed by atoms with van der Waals surface area (Å²) in [5, 5.41) is 4.66. The molecule has 1 aromatic heterocycles. The largest absolute Gasteiger partial charge is 0.322 e. The average Bonchev–Trinajstić information content (AvgIpc) is 2.74. The minimum Gasteiger partial charge on any atom is -0.322 e. The molecule has 28 heavy (non-hydrogen) atoms. The van der Waals surface area contributed by atoms with Crippen molar-refractivity contribution in [3.63, 3.8) is 0 Å². The van der Waals surface area contributed by atoms with Gasteiger partial charge in [-0.15, -0.1) is 0 Å². The number of rotatable bonds is 4. The van der Waals surface area contributed by atoms with Gasteiger partial charge in [0.05, 0.1) is 22.6 Å². The van der Waals surface area contributed by atoms with E-state index in [4.69, 9.17) is 0 Å². The second kappa shape index (κ2) is 7.40. The third-order valence-corrected chi connectivity index (χ3v) is 4.53. The standard InChI is InChI=1S/C21H19N5O2/c1-25-18-6-2-3-7-19(18)26(14-20(25)27)24-17-10-8-16(9-11-17)23-21(28)15-5-4-12-22-13-15/h2-13,24H,14H2,1H3,(H,23,28). The number of fused-ring (bicyclic) bond motifs is 1. The highest BCUT2D eigenvalue weighted by Gasteiger charge is 2.26. The summed E-state index contributed by atoms with van der Waals surface area (Å²) in [6.45, 7) is 0.229. The molecule has 0 aliphatic carbocycles. The van der Waals surface area contributed by atoms with Crippen LogP contribution < -0.4 is 20.7 Å². The normalized spacial score (nSPS) is 13.1. The van der Waals surface area contributed by atoms with Crippen molar-refractivity contribution in [2.45, 2.75) is 0 Å². The molecule has 0 fully saturated rings. The van der Waals surface area contributed by atoms with Gasteiger partial charge in [0.2, 0.25) is 5.91 Å². The molecule has 7 heteroatoms. The van der Waals surface area contributed by atoms with E-state index >= 15 is 0 Å². The number of hydrogen-bond acceptors (Lipinski definition) is 5. The molecule has 2 N–H and O–H groups in total. The van der Waals surface area contributed by atoms with Crippen LogP contribution in [-0.2, 0) is 4.79 Å². The number of nitrogens with zero attached hydrogens (tertiary/aromatic N) is 3. The van der Waals surface area contributed by atoms with Crippen LogP contribution in [0.5, 0.6) is 0 Å². The van der Waals surface area contributed by atoms with Crippen LogP contribution >= 0.6 is 0 Å². The minimum atomic E-state index is -0.215. The Kier molecular flexibility index (Phi) is 4.63. The third kappa shape index (κ3) is 3.50. The van der Waals surface area contributed by atoms with Crippen molar-refractivity contribution in [2.24, 2.45) is 0 Å². The number of hydrazine groups is 1. The van der Waals surface area contributed by atoms with E-state index in [1.807, 2.05) is 41.4 Å². The number of likely N-dealkylation sites (N-methyl/N-ethyl adjacent to an activating group) is 1. The number of para-hydroxylation sites is 2. The highest BCUT2D eigenvalue weighted by molar-refractivity contribution is 6.04. The van der Waals surface area contributed by atoms with E-state index in [-0.39, 0.29) is 18.4 Å². The summed E-state index contributed by atoms with van der Waals surface area (Å²) in [6.07, 6.45) is 3.14. The molecule has 7 nitrogen and oxygen atoms in total. The quantitative estimate of drug-likeness (QED) is 0.735. The highest BCUT2D eigenvalue weighted by Crippen LogP contribution is 2.32. The lowest BCUT2D eigenvalue weighted by Crippen LogP contribution is -2.46. The van der Waals surface area contributed by atoms with Crippen molar-refractivity contribution in [2.75, 3.05) is 34.2 Å². The summed E-state index contributed by atoms with van der Waals surface area (Å²) in [5.41, 5.74) is 7.03. The fourth-order valence-corrected chi connectivity index (χ4v) is 3.02. The summed E-state index contributed by atoms with van der Waals surface area (Å²) < 4.78 is 0. The topological polar surface area (TPSA) is 77.6 Å². The highest BCUT2D eigenvalue weighted by atomic mass is 16.2. The van der Waals surface area contributed by atoms with E-state index in [1.165, 1.54) is 6.20 Å². The maximum Gasteiger partial charge on any atom is 0.257 e. The first kappa shape index (κ1) is 17.5. The van der Waals surface area contributed by atoms with Crippen molar-refractivity contribution >= 4 is 34.6 Å². The fourth-order valence-electron chi connectivity index (χ4n) is 3.02. The summed E-state index contributed by atoms with van der Waals surface area (Å²) in [7, 11) is 1.78. The van der Waals surface area contributed by atoms with Crippen molar-refractivity contribution in [3.8, 4) is 0 Å². The van der Waals surface area contributed by atoms with Gasteiger partial charge in [-0.2, -0.15) is 0 Å². The van der Waals surface area contributed by atoms with E-state index < -0.39 is 0 Å². The molecule has 0 saturated heterocycles. The summed E-state index contributed by atoms with van der Waals surface area (Å²) >= 11 is 0. The van der Waals surface area contributed by atoms with Crippen molar-refractivity contribution in [1.82, 2.24) is 4.98 Å². The number of amides is 2. The summed E-state index contributed by atoms with van der Waals surface area (Å²) in [5.74, 6) is -0.209. The second-order valence-electron chi connectivity index (χ2n) is 6.41. The minimum absolute atomic E-state index is 0.00607. The molecular weight excluding hydrogens is 354 g/mol. The first-order valence-electron chi connectivity index (χ1n) is 8.83. The number of anilines is 4. The van der Waals surface area contributed by atoms with Crippen LogP contribution in [0.2, 0.25) is 0 Å². The number of hydrogen-bond donors (Lipinski definition) is 2. The lowest BCUT2D eigenvalue weighted by Gasteiger charge is -2.35. The lowest BCUT2D eigenvalue weighted by molar-refractivity contribution is -0.117. The van der Waals surface area contributed by atoms with Crippen LogP contribution in [0.4, 0.5) is 22.7 Å². The van der Waals surface area contributed by atoms with Crippen molar-refractivity contribution in [3.05, 3.63) is 78.6 Å². The fraction of sp³-hybridized carbons (Fsp3) is 0.0952. The van der Waals surface area contributed by atoms with Gasteiger partial charge in [0, 0.05) is 25.1 Å². The first-order chi connectivity index (χ1) is 13.6. The molecule has 0 radical (unpaired) electrons. The van der Waals surface area contributed by atoms with Crippen LogP contribution in [0.1, 0.15) is 10.4 Å². The van der Waals surface area contributed by atoms with Gasteiger partial charge < -0.3 is 10.2 Å². The molecular formula is C21H19N5O2. The van der Waals surface area contributed by atoms with Gasteiger partial charge >= 0.3 is 0 Å². The Balaban J connectivity index is 1.47. The van der Waals surface area contributed by atoms with Crippen LogP contribution in [0.25, 0.3) is 0 Å². The Hall–Kier alpha value is -3.87. The Morgan fingerprint density at radius 2 is 1.68 bits per heavy atom. The Morgan fingerprint density at radius 1 is 0.964 bits per heavy atom. The number of pyridine rings is 1. The molecule has 3 aromatic rings. The van der Waals surface area contributed by atoms with E-state index in [0.29, 0.717) is 11.3 Å². The number of carbonyl (C=O) groups excluding carboxylic acids is 2. The van der Waals surface area contributed by atoms with Crippen molar-refractivity contribution < 1.29 is 9.59 Å². The van der Waals surface area contributed by atoms with Crippen LogP contribution in [0.3, 0.4) is 0 Å². The average molecular weight is 373 g/mol. The maximum absolute atomic E-state index is 12.3. The molecule has 140 valence electrons. The Bertz CT molecular complexity index is 1000. The van der Waals surface area contributed by atoms with Gasteiger partial charge in [-0.1, -0.05) is 12.1 Å². The van der Waals surface area contributed by atoms with Crippen LogP contribution in [-0.4, -0.2) is 30.4 Å². The molecule has 0 bridgehead atoms. The molecule has 2 amide bonds. The Morgan fingerprint density at radius 3 is 2.39 bits per heavy atom.